The molecule has 4 N–H and O–H groups in total. The molecule has 4 aromatic rings. The molecule has 0 amide bonds. The van der Waals surface area contributed by atoms with Gasteiger partial charge in [-0.1, -0.05) is 0 Å². The van der Waals surface area contributed by atoms with Crippen molar-refractivity contribution in [2.45, 2.75) is 31.7 Å². The molecule has 1 aliphatic rings. The molecule has 1 aromatic carbocycles. The third-order valence-electron chi connectivity index (χ3n) is 6.11. The third-order valence-corrected chi connectivity index (χ3v) is 6.11. The number of nitrogens with two attached hydrogens (primary N) is 2. The molecule has 176 valence electrons. The summed E-state index contributed by atoms with van der Waals surface area (Å²) in [6.07, 6.45) is 4.20. The van der Waals surface area contributed by atoms with E-state index in [1.807, 2.05) is 44.2 Å². The molecular weight excluding hydrogens is 442 g/mol. The molecule has 5 rings (SSSR count). The second-order valence-electron chi connectivity index (χ2n) is 9.11. The number of rotatable bonds is 5. The monoisotopic (exact) mass is 467 g/mol. The van der Waals surface area contributed by atoms with Crippen molar-refractivity contribution in [1.82, 2.24) is 25.1 Å². The molecular formula is C25H25N9O. The zero-order valence-corrected chi connectivity index (χ0v) is 19.5. The standard InChI is InChI=1S/C25H25N9O/c1-25(2,14-26)20-11-16(7-9-29-20)19-12-30-22(28)21(31-19)24-33-32-23(35-24)15-3-5-18(6-4-15)34-10-8-17(27)13-34/h3-7,9,11-12,17H,8,10,13,27H2,1-2H3,(H2,28,30). The maximum Gasteiger partial charge on any atom is 0.270 e. The Bertz CT molecular complexity index is 1410. The summed E-state index contributed by atoms with van der Waals surface area (Å²) in [5.41, 5.74) is 15.5. The quantitative estimate of drug-likeness (QED) is 0.446. The maximum absolute atomic E-state index is 9.45. The van der Waals surface area contributed by atoms with Gasteiger partial charge >= 0.3 is 0 Å². The van der Waals surface area contributed by atoms with Gasteiger partial charge in [0.05, 0.1) is 29.1 Å². The van der Waals surface area contributed by atoms with Gasteiger partial charge in [0.1, 0.15) is 0 Å². The predicted molar refractivity (Wildman–Crippen MR) is 132 cm³/mol. The number of aromatic nitrogens is 5. The summed E-state index contributed by atoms with van der Waals surface area (Å²) in [4.78, 5) is 15.5. The van der Waals surface area contributed by atoms with Crippen LogP contribution < -0.4 is 16.4 Å². The Balaban J connectivity index is 1.42. The van der Waals surface area contributed by atoms with Crippen molar-refractivity contribution >= 4 is 11.5 Å². The number of nitrogen functional groups attached to an aromatic ring is 1. The van der Waals surface area contributed by atoms with E-state index >= 15 is 0 Å². The lowest BCUT2D eigenvalue weighted by atomic mass is 9.90. The van der Waals surface area contributed by atoms with Crippen LogP contribution in [0, 0.1) is 11.3 Å². The summed E-state index contributed by atoms with van der Waals surface area (Å²) < 4.78 is 5.91. The van der Waals surface area contributed by atoms with E-state index in [0.717, 1.165) is 36.3 Å². The van der Waals surface area contributed by atoms with Crippen LogP contribution in [-0.2, 0) is 5.41 Å². The molecule has 1 unspecified atom stereocenters. The number of nitriles is 1. The lowest BCUT2D eigenvalue weighted by molar-refractivity contribution is 0.582. The van der Waals surface area contributed by atoms with Crippen molar-refractivity contribution in [3.8, 4) is 40.4 Å². The van der Waals surface area contributed by atoms with E-state index in [9.17, 15) is 5.26 Å². The maximum atomic E-state index is 9.45. The molecule has 1 atom stereocenters. The summed E-state index contributed by atoms with van der Waals surface area (Å²) in [6, 6.07) is 14.0. The number of benzene rings is 1. The molecule has 0 radical (unpaired) electrons. The fraction of sp³-hybridized carbons (Fsp3) is 0.280. The molecule has 0 spiro atoms. The Morgan fingerprint density at radius 3 is 2.57 bits per heavy atom. The Kier molecular flexibility index (Phi) is 5.62. The average molecular weight is 468 g/mol. The van der Waals surface area contributed by atoms with Crippen LogP contribution in [0.2, 0.25) is 0 Å². The first-order valence-corrected chi connectivity index (χ1v) is 11.3. The van der Waals surface area contributed by atoms with Crippen LogP contribution in [0.4, 0.5) is 11.5 Å². The van der Waals surface area contributed by atoms with E-state index < -0.39 is 5.41 Å². The van der Waals surface area contributed by atoms with Gasteiger partial charge in [0, 0.05) is 42.1 Å². The van der Waals surface area contributed by atoms with Gasteiger partial charge in [0.25, 0.3) is 5.89 Å². The van der Waals surface area contributed by atoms with Crippen LogP contribution in [0.3, 0.4) is 0 Å². The van der Waals surface area contributed by atoms with Crippen LogP contribution >= 0.6 is 0 Å². The van der Waals surface area contributed by atoms with E-state index in [2.05, 4.69) is 36.1 Å². The fourth-order valence-corrected chi connectivity index (χ4v) is 3.96. The van der Waals surface area contributed by atoms with Gasteiger partial charge in [-0.05, 0) is 56.7 Å². The van der Waals surface area contributed by atoms with Gasteiger partial charge < -0.3 is 20.8 Å². The molecule has 1 aliphatic heterocycles. The van der Waals surface area contributed by atoms with Gasteiger partial charge in [-0.25, -0.2) is 9.97 Å². The van der Waals surface area contributed by atoms with Gasteiger partial charge in [-0.2, -0.15) is 5.26 Å². The number of hydrogen-bond donors (Lipinski definition) is 2. The molecule has 1 fully saturated rings. The highest BCUT2D eigenvalue weighted by Crippen LogP contribution is 2.30. The smallest absolute Gasteiger partial charge is 0.270 e. The number of anilines is 2. The van der Waals surface area contributed by atoms with Crippen molar-refractivity contribution in [3.05, 3.63) is 54.5 Å². The second kappa shape index (κ2) is 8.77. The van der Waals surface area contributed by atoms with E-state index in [4.69, 9.17) is 15.9 Å². The molecule has 10 heteroatoms. The summed E-state index contributed by atoms with van der Waals surface area (Å²) in [7, 11) is 0. The van der Waals surface area contributed by atoms with Gasteiger partial charge in [-0.3, -0.25) is 4.98 Å². The van der Waals surface area contributed by atoms with E-state index in [1.54, 1.807) is 18.5 Å². The lowest BCUT2D eigenvalue weighted by Crippen LogP contribution is -2.26. The Hall–Kier alpha value is -4.36. The van der Waals surface area contributed by atoms with Crippen LogP contribution in [0.5, 0.6) is 0 Å². The molecule has 35 heavy (non-hydrogen) atoms. The van der Waals surface area contributed by atoms with Gasteiger partial charge in [0.15, 0.2) is 11.5 Å². The van der Waals surface area contributed by atoms with Crippen molar-refractivity contribution in [3.63, 3.8) is 0 Å². The van der Waals surface area contributed by atoms with Crippen LogP contribution in [-0.4, -0.2) is 44.3 Å². The van der Waals surface area contributed by atoms with Crippen molar-refractivity contribution < 1.29 is 4.42 Å². The average Bonchev–Trinajstić information content (AvgIpc) is 3.54. The van der Waals surface area contributed by atoms with Crippen molar-refractivity contribution in [2.24, 2.45) is 5.73 Å². The van der Waals surface area contributed by atoms with E-state index in [-0.39, 0.29) is 17.8 Å². The van der Waals surface area contributed by atoms with E-state index in [1.165, 1.54) is 0 Å². The molecule has 0 aliphatic carbocycles. The highest BCUT2D eigenvalue weighted by molar-refractivity contribution is 5.69. The van der Waals surface area contributed by atoms with Crippen LogP contribution in [0.25, 0.3) is 34.3 Å². The summed E-state index contributed by atoms with van der Waals surface area (Å²) >= 11 is 0. The number of nitrogens with zero attached hydrogens (tertiary/aromatic N) is 7. The fourth-order valence-electron chi connectivity index (χ4n) is 3.96. The predicted octanol–water partition coefficient (Wildman–Crippen LogP) is 3.18. The minimum atomic E-state index is -0.738. The minimum Gasteiger partial charge on any atom is -0.414 e. The third kappa shape index (κ3) is 4.41. The zero-order chi connectivity index (χ0) is 24.6. The first kappa shape index (κ1) is 22.4. The molecule has 10 nitrogen and oxygen atoms in total. The SMILES string of the molecule is CC(C)(C#N)c1cc(-c2cnc(N)c(-c3nnc(-c4ccc(N5CCC(N)C5)cc4)o3)n2)ccn1. The van der Waals surface area contributed by atoms with Gasteiger partial charge in [-0.15, -0.1) is 10.2 Å². The van der Waals surface area contributed by atoms with Crippen molar-refractivity contribution in [1.29, 1.82) is 5.26 Å². The Labute approximate surface area is 202 Å². The summed E-state index contributed by atoms with van der Waals surface area (Å²) in [5.74, 6) is 0.711. The number of pyridine rings is 1. The lowest BCUT2D eigenvalue weighted by Gasteiger charge is -2.17. The van der Waals surface area contributed by atoms with Crippen LogP contribution in [0.1, 0.15) is 26.0 Å². The Morgan fingerprint density at radius 1 is 1.09 bits per heavy atom. The second-order valence-corrected chi connectivity index (χ2v) is 9.11. The molecule has 0 saturated carbocycles. The molecule has 3 aromatic heterocycles. The molecule has 4 heterocycles. The molecule has 0 bridgehead atoms. The highest BCUT2D eigenvalue weighted by Gasteiger charge is 2.23. The molecule has 1 saturated heterocycles. The minimum absolute atomic E-state index is 0.174. The topological polar surface area (TPSA) is 157 Å². The largest absolute Gasteiger partial charge is 0.414 e. The van der Waals surface area contributed by atoms with Gasteiger partial charge in [0.2, 0.25) is 5.89 Å². The number of hydrogen-bond acceptors (Lipinski definition) is 10. The van der Waals surface area contributed by atoms with E-state index in [0.29, 0.717) is 23.0 Å². The normalized spacial score (nSPS) is 15.8. The van der Waals surface area contributed by atoms with Crippen molar-refractivity contribution in [2.75, 3.05) is 23.7 Å². The summed E-state index contributed by atoms with van der Waals surface area (Å²) in [5, 5.41) is 17.8. The first-order valence-electron chi connectivity index (χ1n) is 11.3. The Morgan fingerprint density at radius 2 is 1.86 bits per heavy atom. The zero-order valence-electron chi connectivity index (χ0n) is 19.5. The first-order chi connectivity index (χ1) is 16.8. The highest BCUT2D eigenvalue weighted by atomic mass is 16.4. The summed E-state index contributed by atoms with van der Waals surface area (Å²) in [6.45, 7) is 5.43. The van der Waals surface area contributed by atoms with Crippen LogP contribution in [0.15, 0.2) is 53.2 Å².